The van der Waals surface area contributed by atoms with Crippen molar-refractivity contribution < 1.29 is 14.3 Å². The molecular formula is C19H18N2O3S2. The molecule has 0 atom stereocenters. The number of hydrogen-bond acceptors (Lipinski definition) is 6. The van der Waals surface area contributed by atoms with Crippen molar-refractivity contribution in [2.24, 2.45) is 0 Å². The number of anilines is 1. The van der Waals surface area contributed by atoms with Crippen molar-refractivity contribution in [2.75, 3.05) is 18.2 Å². The van der Waals surface area contributed by atoms with Gasteiger partial charge in [0.2, 0.25) is 0 Å². The number of esters is 1. The molecule has 1 N–H and O–H groups in total. The molecule has 5 nitrogen and oxygen atoms in total. The van der Waals surface area contributed by atoms with Gasteiger partial charge in [-0.05, 0) is 61.8 Å². The number of thiophene rings is 1. The number of nitrogens with one attached hydrogen (secondary N) is 1. The van der Waals surface area contributed by atoms with Gasteiger partial charge in [-0.2, -0.15) is 5.26 Å². The van der Waals surface area contributed by atoms with E-state index in [-0.39, 0.29) is 6.61 Å². The van der Waals surface area contributed by atoms with Gasteiger partial charge >= 0.3 is 5.97 Å². The van der Waals surface area contributed by atoms with Crippen LogP contribution in [0, 0.1) is 11.3 Å². The van der Waals surface area contributed by atoms with E-state index in [1.807, 2.05) is 18.4 Å². The van der Waals surface area contributed by atoms with Crippen LogP contribution in [0.2, 0.25) is 0 Å². The molecule has 0 saturated heterocycles. The minimum atomic E-state index is -0.543. The number of rotatable bonds is 5. The van der Waals surface area contributed by atoms with Crippen molar-refractivity contribution in [3.05, 3.63) is 45.8 Å². The molecule has 0 spiro atoms. The average Bonchev–Trinajstić information content (AvgIpc) is 3.03. The summed E-state index contributed by atoms with van der Waals surface area (Å²) in [5.41, 5.74) is 2.02. The van der Waals surface area contributed by atoms with Gasteiger partial charge in [0.25, 0.3) is 5.91 Å². The lowest BCUT2D eigenvalue weighted by Crippen LogP contribution is -2.20. The van der Waals surface area contributed by atoms with Crippen molar-refractivity contribution in [1.29, 1.82) is 5.26 Å². The number of nitriles is 1. The maximum Gasteiger partial charge on any atom is 0.338 e. The van der Waals surface area contributed by atoms with Crippen molar-refractivity contribution in [2.45, 2.75) is 30.6 Å². The highest BCUT2D eigenvalue weighted by molar-refractivity contribution is 7.98. The van der Waals surface area contributed by atoms with E-state index >= 15 is 0 Å². The zero-order valence-corrected chi connectivity index (χ0v) is 16.0. The van der Waals surface area contributed by atoms with Gasteiger partial charge in [-0.3, -0.25) is 4.79 Å². The smallest absolute Gasteiger partial charge is 0.338 e. The number of amides is 1. The van der Waals surface area contributed by atoms with E-state index in [4.69, 9.17) is 4.74 Å². The monoisotopic (exact) mass is 386 g/mol. The Morgan fingerprint density at radius 1 is 1.27 bits per heavy atom. The molecule has 0 saturated carbocycles. The van der Waals surface area contributed by atoms with Crippen LogP contribution in [-0.2, 0) is 22.4 Å². The van der Waals surface area contributed by atoms with Crippen molar-refractivity contribution in [1.82, 2.24) is 0 Å². The second-order valence-electron chi connectivity index (χ2n) is 5.88. The molecule has 1 aromatic carbocycles. The van der Waals surface area contributed by atoms with E-state index in [1.54, 1.807) is 23.9 Å². The number of hydrogen-bond donors (Lipinski definition) is 1. The Labute approximate surface area is 160 Å². The number of nitrogens with zero attached hydrogens (tertiary/aromatic N) is 1. The third-order valence-electron chi connectivity index (χ3n) is 4.20. The number of carbonyl (C=O) groups excluding carboxylic acids is 2. The van der Waals surface area contributed by atoms with Crippen molar-refractivity contribution >= 4 is 40.0 Å². The maximum absolute atomic E-state index is 12.1. The van der Waals surface area contributed by atoms with Gasteiger partial charge in [0.15, 0.2) is 6.61 Å². The maximum atomic E-state index is 12.1. The van der Waals surface area contributed by atoms with Gasteiger partial charge in [-0.15, -0.1) is 23.1 Å². The second kappa shape index (κ2) is 8.39. The highest BCUT2D eigenvalue weighted by Gasteiger charge is 2.22. The summed E-state index contributed by atoms with van der Waals surface area (Å²) >= 11 is 3.03. The first-order valence-electron chi connectivity index (χ1n) is 8.28. The SMILES string of the molecule is CSc1ccc(C(=O)OCC(=O)Nc2sc3c(c2C#N)CCCC3)cc1. The summed E-state index contributed by atoms with van der Waals surface area (Å²) in [6.45, 7) is -0.378. The minimum absolute atomic E-state index is 0.378. The summed E-state index contributed by atoms with van der Waals surface area (Å²) in [4.78, 5) is 26.4. The van der Waals surface area contributed by atoms with Crippen LogP contribution >= 0.6 is 23.1 Å². The Morgan fingerprint density at radius 3 is 2.69 bits per heavy atom. The Balaban J connectivity index is 1.60. The van der Waals surface area contributed by atoms with Crippen molar-refractivity contribution in [3.8, 4) is 6.07 Å². The lowest BCUT2D eigenvalue weighted by atomic mass is 9.96. The van der Waals surface area contributed by atoms with Gasteiger partial charge in [-0.1, -0.05) is 0 Å². The summed E-state index contributed by atoms with van der Waals surface area (Å²) in [6, 6.07) is 9.20. The van der Waals surface area contributed by atoms with Crippen LogP contribution < -0.4 is 5.32 Å². The third-order valence-corrected chi connectivity index (χ3v) is 6.15. The fraction of sp³-hybridized carbons (Fsp3) is 0.316. The Bertz CT molecular complexity index is 866. The molecule has 26 heavy (non-hydrogen) atoms. The van der Waals surface area contributed by atoms with Gasteiger partial charge in [0.1, 0.15) is 11.1 Å². The zero-order valence-electron chi connectivity index (χ0n) is 14.3. The fourth-order valence-electron chi connectivity index (χ4n) is 2.88. The molecule has 2 aromatic rings. The predicted molar refractivity (Wildman–Crippen MR) is 103 cm³/mol. The number of aryl methyl sites for hydroxylation is 1. The van der Waals surface area contributed by atoms with E-state index in [1.165, 1.54) is 16.2 Å². The zero-order chi connectivity index (χ0) is 18.5. The summed E-state index contributed by atoms with van der Waals surface area (Å²) < 4.78 is 5.08. The molecule has 1 heterocycles. The van der Waals surface area contributed by atoms with Crippen molar-refractivity contribution in [3.63, 3.8) is 0 Å². The number of thioether (sulfide) groups is 1. The summed E-state index contributed by atoms with van der Waals surface area (Å²) in [5.74, 6) is -0.979. The van der Waals surface area contributed by atoms with E-state index < -0.39 is 11.9 Å². The molecule has 1 aliphatic carbocycles. The normalized spacial score (nSPS) is 12.8. The highest BCUT2D eigenvalue weighted by atomic mass is 32.2. The summed E-state index contributed by atoms with van der Waals surface area (Å²) in [5, 5.41) is 12.7. The number of benzene rings is 1. The van der Waals surface area contributed by atoms with Crippen LogP contribution in [0.25, 0.3) is 0 Å². The molecule has 0 radical (unpaired) electrons. The molecule has 1 amide bonds. The molecule has 7 heteroatoms. The first kappa shape index (κ1) is 18.5. The molecular weight excluding hydrogens is 368 g/mol. The summed E-state index contributed by atoms with van der Waals surface area (Å²) in [6.07, 6.45) is 5.96. The predicted octanol–water partition coefficient (Wildman–Crippen LogP) is 4.02. The molecule has 0 aliphatic heterocycles. The topological polar surface area (TPSA) is 79.2 Å². The van der Waals surface area contributed by atoms with Crippen LogP contribution in [0.5, 0.6) is 0 Å². The Morgan fingerprint density at radius 2 is 2.00 bits per heavy atom. The first-order chi connectivity index (χ1) is 12.6. The van der Waals surface area contributed by atoms with E-state index in [0.29, 0.717) is 16.1 Å². The van der Waals surface area contributed by atoms with Gasteiger partial charge < -0.3 is 10.1 Å². The number of carbonyl (C=O) groups is 2. The molecule has 0 unspecified atom stereocenters. The van der Waals surface area contributed by atoms with Gasteiger partial charge in [0, 0.05) is 9.77 Å². The third kappa shape index (κ3) is 4.09. The molecule has 134 valence electrons. The highest BCUT2D eigenvalue weighted by Crippen LogP contribution is 2.37. The average molecular weight is 386 g/mol. The minimum Gasteiger partial charge on any atom is -0.452 e. The summed E-state index contributed by atoms with van der Waals surface area (Å²) in [7, 11) is 0. The first-order valence-corrected chi connectivity index (χ1v) is 10.3. The molecule has 1 aliphatic rings. The largest absolute Gasteiger partial charge is 0.452 e. The fourth-order valence-corrected chi connectivity index (χ4v) is 4.54. The van der Waals surface area contributed by atoms with Crippen LogP contribution in [0.15, 0.2) is 29.2 Å². The Kier molecular flexibility index (Phi) is 5.96. The van der Waals surface area contributed by atoms with Gasteiger partial charge in [0.05, 0.1) is 11.1 Å². The quantitative estimate of drug-likeness (QED) is 0.620. The second-order valence-corrected chi connectivity index (χ2v) is 7.86. The van der Waals surface area contributed by atoms with Gasteiger partial charge in [-0.25, -0.2) is 4.79 Å². The molecule has 1 aromatic heterocycles. The standard InChI is InChI=1S/C19H18N2O3S2/c1-25-13-8-6-12(7-9-13)19(23)24-11-17(22)21-18-15(10-20)14-4-2-3-5-16(14)26-18/h6-9H,2-5,11H2,1H3,(H,21,22). The Hall–Kier alpha value is -2.30. The molecule has 0 bridgehead atoms. The lowest BCUT2D eigenvalue weighted by molar-refractivity contribution is -0.119. The van der Waals surface area contributed by atoms with E-state index in [0.717, 1.165) is 36.1 Å². The van der Waals surface area contributed by atoms with E-state index in [9.17, 15) is 14.9 Å². The molecule has 3 rings (SSSR count). The van der Waals surface area contributed by atoms with Crippen LogP contribution in [0.3, 0.4) is 0 Å². The number of ether oxygens (including phenoxy) is 1. The van der Waals surface area contributed by atoms with Crippen LogP contribution in [0.4, 0.5) is 5.00 Å². The van der Waals surface area contributed by atoms with E-state index in [2.05, 4.69) is 11.4 Å². The molecule has 0 fully saturated rings. The van der Waals surface area contributed by atoms with Crippen LogP contribution in [-0.4, -0.2) is 24.7 Å². The number of fused-ring (bicyclic) bond motifs is 1. The lowest BCUT2D eigenvalue weighted by Gasteiger charge is -2.09. The van der Waals surface area contributed by atoms with Crippen LogP contribution in [0.1, 0.15) is 39.2 Å².